The molecule has 1 aromatic heterocycles. The molecule has 0 saturated heterocycles. The highest BCUT2D eigenvalue weighted by Crippen LogP contribution is 2.38. The summed E-state index contributed by atoms with van der Waals surface area (Å²) in [7, 11) is 1.49. The smallest absolute Gasteiger partial charge is 0.433 e. The third-order valence-corrected chi connectivity index (χ3v) is 8.36. The Labute approximate surface area is 275 Å². The highest BCUT2D eigenvalue weighted by atomic mass is 32.2. The Hall–Kier alpha value is -5.40. The Morgan fingerprint density at radius 1 is 0.957 bits per heavy atom. The first-order chi connectivity index (χ1) is 22.8. The molecule has 1 amide bonds. The van der Waals surface area contributed by atoms with Crippen LogP contribution in [0.1, 0.15) is 45.8 Å². The Bertz CT molecular complexity index is 1860. The fourth-order valence-corrected chi connectivity index (χ4v) is 6.05. The van der Waals surface area contributed by atoms with Gasteiger partial charge in [-0.15, -0.1) is 11.8 Å². The molecule has 47 heavy (non-hydrogen) atoms. The number of nitriles is 1. The van der Waals surface area contributed by atoms with Crippen molar-refractivity contribution in [2.75, 3.05) is 7.11 Å². The van der Waals surface area contributed by atoms with Gasteiger partial charge in [0.25, 0.3) is 0 Å². The summed E-state index contributed by atoms with van der Waals surface area (Å²) in [6, 6.07) is 36.2. The van der Waals surface area contributed by atoms with E-state index in [1.54, 1.807) is 48.5 Å². The van der Waals surface area contributed by atoms with Gasteiger partial charge in [-0.25, -0.2) is 10.4 Å². The molecular formula is C37H29F3N4O2S. The number of methoxy groups -OCH3 is 1. The van der Waals surface area contributed by atoms with Gasteiger partial charge in [0, 0.05) is 29.2 Å². The number of pyridine rings is 1. The second-order valence-electron chi connectivity index (χ2n) is 10.4. The predicted octanol–water partition coefficient (Wildman–Crippen LogP) is 8.61. The molecule has 0 bridgehead atoms. The van der Waals surface area contributed by atoms with Crippen molar-refractivity contribution in [3.05, 3.63) is 149 Å². The van der Waals surface area contributed by atoms with Gasteiger partial charge in [-0.05, 0) is 46.5 Å². The minimum atomic E-state index is -4.70. The van der Waals surface area contributed by atoms with Crippen molar-refractivity contribution in [2.24, 2.45) is 5.10 Å². The van der Waals surface area contributed by atoms with Gasteiger partial charge in [0.1, 0.15) is 22.5 Å². The minimum Gasteiger partial charge on any atom is -0.496 e. The Morgan fingerprint density at radius 3 is 2.15 bits per heavy atom. The first-order valence-electron chi connectivity index (χ1n) is 14.6. The molecule has 0 saturated carbocycles. The number of alkyl halides is 3. The van der Waals surface area contributed by atoms with Crippen LogP contribution in [0.4, 0.5) is 13.2 Å². The van der Waals surface area contributed by atoms with E-state index in [9.17, 15) is 23.2 Å². The molecule has 0 aliphatic carbocycles. The van der Waals surface area contributed by atoms with Crippen molar-refractivity contribution in [1.29, 1.82) is 5.26 Å². The molecule has 6 nitrogen and oxygen atoms in total. The van der Waals surface area contributed by atoms with Crippen LogP contribution in [0.15, 0.2) is 125 Å². The molecule has 0 unspecified atom stereocenters. The number of hydrazone groups is 1. The summed E-state index contributed by atoms with van der Waals surface area (Å²) >= 11 is 1.01. The van der Waals surface area contributed by atoms with E-state index >= 15 is 0 Å². The molecule has 0 radical (unpaired) electrons. The molecular weight excluding hydrogens is 621 g/mol. The van der Waals surface area contributed by atoms with Crippen LogP contribution in [0.2, 0.25) is 0 Å². The van der Waals surface area contributed by atoms with E-state index in [1.165, 1.54) is 13.3 Å². The Morgan fingerprint density at radius 2 is 1.57 bits per heavy atom. The number of hydrogen-bond donors (Lipinski definition) is 1. The first-order valence-corrected chi connectivity index (χ1v) is 15.5. The second kappa shape index (κ2) is 15.3. The van der Waals surface area contributed by atoms with E-state index in [0.717, 1.165) is 29.0 Å². The molecule has 5 rings (SSSR count). The summed E-state index contributed by atoms with van der Waals surface area (Å²) in [4.78, 5) is 16.8. The number of aromatic nitrogens is 1. The van der Waals surface area contributed by atoms with Crippen molar-refractivity contribution < 1.29 is 22.7 Å². The molecule has 0 fully saturated rings. The first kappa shape index (κ1) is 33.0. The lowest BCUT2D eigenvalue weighted by molar-refractivity contribution is -0.141. The number of nitrogens with zero attached hydrogens (tertiary/aromatic N) is 3. The summed E-state index contributed by atoms with van der Waals surface area (Å²) < 4.78 is 47.0. The maximum absolute atomic E-state index is 13.8. The Balaban J connectivity index is 1.33. The number of halogens is 3. The van der Waals surface area contributed by atoms with Crippen LogP contribution in [0, 0.1) is 11.3 Å². The third kappa shape index (κ3) is 8.45. The summed E-state index contributed by atoms with van der Waals surface area (Å²) in [6.07, 6.45) is -3.03. The zero-order valence-corrected chi connectivity index (χ0v) is 26.1. The molecule has 4 aromatic carbocycles. The number of carbonyl (C=O) groups is 1. The van der Waals surface area contributed by atoms with Crippen LogP contribution in [0.5, 0.6) is 5.75 Å². The highest BCUT2D eigenvalue weighted by molar-refractivity contribution is 7.98. The van der Waals surface area contributed by atoms with Crippen molar-refractivity contribution in [3.63, 3.8) is 0 Å². The third-order valence-electron chi connectivity index (χ3n) is 7.34. The van der Waals surface area contributed by atoms with Crippen LogP contribution in [-0.4, -0.2) is 24.2 Å². The number of hydrogen-bond acceptors (Lipinski definition) is 6. The Kier molecular flexibility index (Phi) is 10.7. The zero-order chi connectivity index (χ0) is 33.2. The van der Waals surface area contributed by atoms with Crippen LogP contribution in [0.3, 0.4) is 0 Å². The molecule has 10 heteroatoms. The summed E-state index contributed by atoms with van der Waals surface area (Å²) in [5.74, 6) is 0.241. The number of rotatable bonds is 11. The maximum Gasteiger partial charge on any atom is 0.433 e. The van der Waals surface area contributed by atoms with Gasteiger partial charge in [0.15, 0.2) is 0 Å². The van der Waals surface area contributed by atoms with Crippen molar-refractivity contribution in [1.82, 2.24) is 10.4 Å². The van der Waals surface area contributed by atoms with Gasteiger partial charge in [0.2, 0.25) is 5.91 Å². The fourth-order valence-electron chi connectivity index (χ4n) is 5.07. The van der Waals surface area contributed by atoms with E-state index in [0.29, 0.717) is 22.4 Å². The van der Waals surface area contributed by atoms with E-state index in [2.05, 4.69) is 15.5 Å². The number of benzene rings is 4. The molecule has 0 spiro atoms. The van der Waals surface area contributed by atoms with E-state index in [-0.39, 0.29) is 40.2 Å². The number of ether oxygens (including phenoxy) is 1. The van der Waals surface area contributed by atoms with E-state index in [1.807, 2.05) is 66.7 Å². The molecule has 1 N–H and O–H groups in total. The van der Waals surface area contributed by atoms with Gasteiger partial charge in [-0.1, -0.05) is 91.0 Å². The second-order valence-corrected chi connectivity index (χ2v) is 11.4. The zero-order valence-electron chi connectivity index (χ0n) is 25.2. The predicted molar refractivity (Wildman–Crippen MR) is 177 cm³/mol. The SMILES string of the molecule is COc1ccc(C=NNC(=O)CC(c2ccccc2)c2ccccc2)cc1CSc1nc(C(F)(F)F)cc(-c2ccccc2)c1C#N. The fraction of sp³-hybridized carbons (Fsp3) is 0.135. The van der Waals surface area contributed by atoms with Crippen molar-refractivity contribution in [3.8, 4) is 22.9 Å². The molecule has 5 aromatic rings. The van der Waals surface area contributed by atoms with Gasteiger partial charge >= 0.3 is 6.18 Å². The van der Waals surface area contributed by atoms with Gasteiger partial charge < -0.3 is 4.74 Å². The average molecular weight is 651 g/mol. The number of amides is 1. The lowest BCUT2D eigenvalue weighted by Gasteiger charge is -2.17. The van der Waals surface area contributed by atoms with Crippen molar-refractivity contribution in [2.45, 2.75) is 29.3 Å². The molecule has 0 aliphatic rings. The minimum absolute atomic E-state index is 0.0408. The lowest BCUT2D eigenvalue weighted by Crippen LogP contribution is -2.20. The normalized spacial score (nSPS) is 11.4. The van der Waals surface area contributed by atoms with E-state index < -0.39 is 11.9 Å². The standard InChI is InChI=1S/C37H29F3N4O2S/c1-46-33-18-17-25(23-42-44-35(45)21-30(26-11-5-2-6-12-26)27-13-7-3-8-14-27)19-29(33)24-47-36-32(22-41)31(28-15-9-4-10-16-28)20-34(43-36)37(38,39)40/h2-20,23,30H,21,24H2,1H3,(H,44,45). The van der Waals surface area contributed by atoms with Crippen molar-refractivity contribution >= 4 is 23.9 Å². The largest absolute Gasteiger partial charge is 0.496 e. The number of thioether (sulfide) groups is 1. The topological polar surface area (TPSA) is 87.4 Å². The van der Waals surface area contributed by atoms with Gasteiger partial charge in [-0.3, -0.25) is 4.79 Å². The summed E-state index contributed by atoms with van der Waals surface area (Å²) in [6.45, 7) is 0. The number of nitrogens with one attached hydrogen (secondary N) is 1. The summed E-state index contributed by atoms with van der Waals surface area (Å²) in [5.41, 5.74) is 5.52. The van der Waals surface area contributed by atoms with Crippen LogP contribution in [0.25, 0.3) is 11.1 Å². The van der Waals surface area contributed by atoms with Crippen LogP contribution < -0.4 is 10.2 Å². The summed E-state index contributed by atoms with van der Waals surface area (Å²) in [5, 5.41) is 14.1. The van der Waals surface area contributed by atoms with Gasteiger partial charge in [-0.2, -0.15) is 23.5 Å². The molecule has 0 aliphatic heterocycles. The molecule has 1 heterocycles. The quantitative estimate of drug-likeness (QED) is 0.0879. The van der Waals surface area contributed by atoms with E-state index in [4.69, 9.17) is 4.74 Å². The monoisotopic (exact) mass is 650 g/mol. The van der Waals surface area contributed by atoms with Crippen LogP contribution >= 0.6 is 11.8 Å². The average Bonchev–Trinajstić information content (AvgIpc) is 3.10. The molecule has 236 valence electrons. The lowest BCUT2D eigenvalue weighted by atomic mass is 9.88. The van der Waals surface area contributed by atoms with Crippen LogP contribution in [-0.2, 0) is 16.7 Å². The molecule has 0 atom stereocenters. The highest BCUT2D eigenvalue weighted by Gasteiger charge is 2.34. The van der Waals surface area contributed by atoms with Gasteiger partial charge in [0.05, 0.1) is 18.9 Å². The number of carbonyl (C=O) groups excluding carboxylic acids is 1. The maximum atomic E-state index is 13.8.